The maximum atomic E-state index is 13.5. The van der Waals surface area contributed by atoms with E-state index in [1.807, 2.05) is 9.80 Å². The molecule has 0 spiro atoms. The molecule has 0 unspecified atom stereocenters. The van der Waals surface area contributed by atoms with E-state index in [4.69, 9.17) is 21.4 Å². The molecule has 2 aromatic heterocycles. The highest BCUT2D eigenvalue weighted by molar-refractivity contribution is 5.93. The minimum Gasteiger partial charge on any atom is -0.340 e. The Balaban J connectivity index is 0.902. The fraction of sp³-hybridized carbons (Fsp3) is 0.435. The summed E-state index contributed by atoms with van der Waals surface area (Å²) in [4.78, 5) is 47.9. The number of rotatable bonds is 8. The topological polar surface area (TPSA) is 150 Å². The number of carbonyl (C=O) groups excluding carboxylic acids is 2. The molecule has 2 aliphatic heterocycles. The molecule has 2 saturated carbocycles. The van der Waals surface area contributed by atoms with E-state index >= 15 is 0 Å². The zero-order chi connectivity index (χ0) is 39.1. The first-order valence-electron chi connectivity index (χ1n) is 20.3. The number of hydrogen-bond donors (Lipinski definition) is 4. The minimum atomic E-state index is -0.588. The SMILES string of the molecule is CC(C)CC(=O)N1[C@H](c2nc3ccc(-c4ccc5cc(-c6ccc7nc([C@@H]8C[C@@]9(C)C[C@@]9(N)N8C(=O)CC(C)C)[nH]c7c6)ccc5c4)cc3[nH]2)C[C@@]2(C)C[C@@]12N. The highest BCUT2D eigenvalue weighted by Gasteiger charge is 2.74. The molecule has 10 nitrogen and oxygen atoms in total. The van der Waals surface area contributed by atoms with Crippen molar-refractivity contribution in [3.05, 3.63) is 84.4 Å². The second-order valence-electron chi connectivity index (χ2n) is 19.0. The number of nitrogens with one attached hydrogen (secondary N) is 2. The second kappa shape index (κ2) is 11.7. The fourth-order valence-electron chi connectivity index (χ4n) is 10.4. The Hall–Kier alpha value is -5.06. The van der Waals surface area contributed by atoms with Crippen LogP contribution in [0.15, 0.2) is 72.8 Å². The Morgan fingerprint density at radius 1 is 0.643 bits per heavy atom. The molecule has 10 rings (SSSR count). The van der Waals surface area contributed by atoms with Crippen molar-refractivity contribution in [1.82, 2.24) is 29.7 Å². The normalized spacial score (nSPS) is 29.2. The van der Waals surface area contributed by atoms with Crippen molar-refractivity contribution in [2.24, 2.45) is 34.1 Å². The third-order valence-corrected chi connectivity index (χ3v) is 13.8. The molecule has 10 heteroatoms. The van der Waals surface area contributed by atoms with Gasteiger partial charge in [0.25, 0.3) is 0 Å². The summed E-state index contributed by atoms with van der Waals surface area (Å²) < 4.78 is 0. The van der Waals surface area contributed by atoms with Crippen molar-refractivity contribution in [2.75, 3.05) is 0 Å². The minimum absolute atomic E-state index is 0.0737. The van der Waals surface area contributed by atoms with Gasteiger partial charge in [-0.15, -0.1) is 0 Å². The maximum absolute atomic E-state index is 13.5. The molecule has 0 bridgehead atoms. The van der Waals surface area contributed by atoms with Crippen molar-refractivity contribution < 1.29 is 9.59 Å². The number of aromatic amines is 2. The molecule has 2 saturated heterocycles. The van der Waals surface area contributed by atoms with Gasteiger partial charge in [0.15, 0.2) is 0 Å². The summed E-state index contributed by atoms with van der Waals surface area (Å²) in [5.41, 5.74) is 20.5. The second-order valence-corrected chi connectivity index (χ2v) is 19.0. The molecule has 288 valence electrons. The average molecular weight is 749 g/mol. The number of benzene rings is 4. The monoisotopic (exact) mass is 748 g/mol. The lowest BCUT2D eigenvalue weighted by molar-refractivity contribution is -0.137. The number of hydrogen-bond acceptors (Lipinski definition) is 6. The molecular formula is C46H52N8O2. The van der Waals surface area contributed by atoms with Crippen LogP contribution in [0.25, 0.3) is 55.1 Å². The van der Waals surface area contributed by atoms with Crippen LogP contribution < -0.4 is 11.5 Å². The van der Waals surface area contributed by atoms with Crippen molar-refractivity contribution in [3.8, 4) is 22.3 Å². The first-order valence-corrected chi connectivity index (χ1v) is 20.3. The average Bonchev–Trinajstić information content (AvgIpc) is 3.53. The van der Waals surface area contributed by atoms with Crippen molar-refractivity contribution in [1.29, 1.82) is 0 Å². The third-order valence-electron chi connectivity index (χ3n) is 13.8. The Labute approximate surface area is 327 Å². The van der Waals surface area contributed by atoms with Crippen molar-refractivity contribution >= 4 is 44.7 Å². The van der Waals surface area contributed by atoms with Crippen LogP contribution in [0, 0.1) is 22.7 Å². The molecule has 2 aliphatic carbocycles. The number of likely N-dealkylation sites (tertiary alicyclic amines) is 2. The van der Waals surface area contributed by atoms with Crippen LogP contribution in [0.5, 0.6) is 0 Å². The molecule has 6 aromatic rings. The summed E-state index contributed by atoms with van der Waals surface area (Å²) in [6.45, 7) is 12.7. The number of carbonyl (C=O) groups is 2. The molecule has 4 fully saturated rings. The van der Waals surface area contributed by atoms with Gasteiger partial charge in [0.2, 0.25) is 11.8 Å². The van der Waals surface area contributed by atoms with Gasteiger partial charge in [-0.1, -0.05) is 77.9 Å². The molecule has 4 aliphatic rings. The number of nitrogens with zero attached hydrogens (tertiary/aromatic N) is 4. The van der Waals surface area contributed by atoms with E-state index < -0.39 is 11.3 Å². The van der Waals surface area contributed by atoms with Crippen LogP contribution in [0.1, 0.15) is 104 Å². The molecule has 0 radical (unpaired) electrons. The number of H-pyrrole nitrogens is 2. The van der Waals surface area contributed by atoms with Crippen LogP contribution in [0.4, 0.5) is 0 Å². The van der Waals surface area contributed by atoms with E-state index in [9.17, 15) is 9.59 Å². The fourth-order valence-corrected chi connectivity index (χ4v) is 10.4. The highest BCUT2D eigenvalue weighted by Crippen LogP contribution is 2.69. The smallest absolute Gasteiger partial charge is 0.224 e. The zero-order valence-electron chi connectivity index (χ0n) is 33.2. The summed E-state index contributed by atoms with van der Waals surface area (Å²) in [6.07, 6.45) is 4.28. The van der Waals surface area contributed by atoms with Crippen molar-refractivity contribution in [3.63, 3.8) is 0 Å². The first kappa shape index (κ1) is 35.4. The number of nitrogens with two attached hydrogens (primary N) is 2. The molecule has 6 N–H and O–H groups in total. The van der Waals surface area contributed by atoms with Gasteiger partial charge in [0, 0.05) is 23.7 Å². The quantitative estimate of drug-likeness (QED) is 0.122. The van der Waals surface area contributed by atoms with Crippen LogP contribution in [-0.2, 0) is 9.59 Å². The van der Waals surface area contributed by atoms with Crippen LogP contribution in [0.3, 0.4) is 0 Å². The van der Waals surface area contributed by atoms with Crippen molar-refractivity contribution in [2.45, 2.75) is 103 Å². The van der Waals surface area contributed by atoms with Gasteiger partial charge in [-0.2, -0.15) is 0 Å². The lowest BCUT2D eigenvalue weighted by Crippen LogP contribution is -2.48. The lowest BCUT2D eigenvalue weighted by Gasteiger charge is -2.31. The summed E-state index contributed by atoms with van der Waals surface area (Å²) in [5.74, 6) is 2.39. The van der Waals surface area contributed by atoms with E-state index in [1.165, 1.54) is 0 Å². The lowest BCUT2D eigenvalue weighted by atomic mass is 9.97. The van der Waals surface area contributed by atoms with E-state index in [-0.39, 0.29) is 46.6 Å². The summed E-state index contributed by atoms with van der Waals surface area (Å²) >= 11 is 0. The molecule has 4 aromatic carbocycles. The van der Waals surface area contributed by atoms with Gasteiger partial charge in [0.1, 0.15) is 11.6 Å². The van der Waals surface area contributed by atoms with E-state index in [1.54, 1.807) is 0 Å². The van der Waals surface area contributed by atoms with Crippen LogP contribution >= 0.6 is 0 Å². The molecule has 2 amide bonds. The number of amides is 2. The van der Waals surface area contributed by atoms with Gasteiger partial charge in [0.05, 0.1) is 45.5 Å². The van der Waals surface area contributed by atoms with Crippen LogP contribution in [-0.4, -0.2) is 52.9 Å². The zero-order valence-corrected chi connectivity index (χ0v) is 33.2. The maximum Gasteiger partial charge on any atom is 0.224 e. The Kier molecular flexibility index (Phi) is 7.41. The number of aromatic nitrogens is 4. The molecule has 56 heavy (non-hydrogen) atoms. The molecule has 4 heterocycles. The van der Waals surface area contributed by atoms with Gasteiger partial charge < -0.3 is 31.2 Å². The predicted octanol–water partition coefficient (Wildman–Crippen LogP) is 8.70. The van der Waals surface area contributed by atoms with E-state index in [2.05, 4.69) is 124 Å². The van der Waals surface area contributed by atoms with Gasteiger partial charge in [-0.3, -0.25) is 9.59 Å². The van der Waals surface area contributed by atoms with Gasteiger partial charge in [-0.05, 0) is 107 Å². The van der Waals surface area contributed by atoms with Gasteiger partial charge >= 0.3 is 0 Å². The Morgan fingerprint density at radius 3 is 1.41 bits per heavy atom. The summed E-state index contributed by atoms with van der Waals surface area (Å²) in [7, 11) is 0. The highest BCUT2D eigenvalue weighted by atomic mass is 16.2. The van der Waals surface area contributed by atoms with Gasteiger partial charge in [-0.25, -0.2) is 9.97 Å². The standard InChI is InChI=1S/C46H52N8O2/c1-25(2)15-39(55)53-37(21-43(5)23-45(43,53)47)41-49-33-13-11-31(19-35(33)51-41)29-9-7-28-18-30(10-8-27(28)17-29)32-12-14-34-36(20-32)52-42(50-34)38-22-44(6)24-46(44,48)54(38)40(56)16-26(3)4/h7-14,17-20,25-26,37-38H,15-16,21-24,47-48H2,1-6H3,(H,49,51)(H,50,52)/t37-,38-,43-,44-,45+,46+/m0/s1. The Bertz CT molecular complexity index is 2440. The van der Waals surface area contributed by atoms with Crippen LogP contribution in [0.2, 0.25) is 0 Å². The number of imidazole rings is 2. The van der Waals surface area contributed by atoms with E-state index in [0.29, 0.717) is 12.8 Å². The van der Waals surface area contributed by atoms with E-state index in [0.717, 1.165) is 92.4 Å². The third kappa shape index (κ3) is 5.21. The number of piperidine rings is 2. The predicted molar refractivity (Wildman–Crippen MR) is 221 cm³/mol. The summed E-state index contributed by atoms with van der Waals surface area (Å²) in [6, 6.07) is 25.6. The molecular weight excluding hydrogens is 697 g/mol. The summed E-state index contributed by atoms with van der Waals surface area (Å²) in [5, 5.41) is 2.31. The first-order chi connectivity index (χ1) is 26.6. The Morgan fingerprint density at radius 2 is 1.02 bits per heavy atom. The number of fused-ring (bicyclic) bond motifs is 5. The largest absolute Gasteiger partial charge is 0.340 e. The molecule has 6 atom stereocenters.